The first-order valence-corrected chi connectivity index (χ1v) is 9.93. The number of hydrogen-bond acceptors (Lipinski definition) is 4. The van der Waals surface area contributed by atoms with Crippen molar-refractivity contribution in [1.82, 2.24) is 4.31 Å². The van der Waals surface area contributed by atoms with E-state index in [0.29, 0.717) is 23.1 Å². The van der Waals surface area contributed by atoms with Crippen LogP contribution in [0.1, 0.15) is 18.1 Å². The van der Waals surface area contributed by atoms with Crippen LogP contribution in [-0.4, -0.2) is 33.5 Å². The molecule has 2 aromatic carbocycles. The molecule has 26 heavy (non-hydrogen) atoms. The number of nitrogens with zero attached hydrogens (tertiary/aromatic N) is 1. The summed E-state index contributed by atoms with van der Waals surface area (Å²) in [6.45, 7) is 2.64. The second kappa shape index (κ2) is 9.07. The highest BCUT2D eigenvalue weighted by atomic mass is 35.5. The summed E-state index contributed by atoms with van der Waals surface area (Å²) in [6, 6.07) is 12.3. The molecule has 0 amide bonds. The van der Waals surface area contributed by atoms with Crippen molar-refractivity contribution in [2.75, 3.05) is 20.8 Å². The standard InChI is InChI=1S/C19H22ClNO4S/c1-4-25-18-10-7-16(13-19(18)24-3)14-21(2)26(22,23)12-11-15-5-8-17(20)9-6-15/h5-13H,4,14H2,1-3H3/b12-11+. The van der Waals surface area contributed by atoms with Crippen LogP contribution in [0.3, 0.4) is 0 Å². The second-order valence-corrected chi connectivity index (χ2v) is 7.94. The van der Waals surface area contributed by atoms with Gasteiger partial charge in [-0.25, -0.2) is 8.42 Å². The fourth-order valence-electron chi connectivity index (χ4n) is 2.27. The van der Waals surface area contributed by atoms with E-state index >= 15 is 0 Å². The average molecular weight is 396 g/mol. The number of halogens is 1. The van der Waals surface area contributed by atoms with Crippen LogP contribution in [0.5, 0.6) is 11.5 Å². The summed E-state index contributed by atoms with van der Waals surface area (Å²) in [5.41, 5.74) is 1.56. The Bertz CT molecular complexity index is 864. The molecule has 0 saturated heterocycles. The molecular formula is C19H22ClNO4S. The van der Waals surface area contributed by atoms with Crippen LogP contribution in [0.15, 0.2) is 47.9 Å². The van der Waals surface area contributed by atoms with E-state index in [1.54, 1.807) is 49.6 Å². The van der Waals surface area contributed by atoms with E-state index in [1.807, 2.05) is 13.0 Å². The summed E-state index contributed by atoms with van der Waals surface area (Å²) in [4.78, 5) is 0. The second-order valence-electron chi connectivity index (χ2n) is 5.57. The van der Waals surface area contributed by atoms with E-state index in [2.05, 4.69) is 0 Å². The van der Waals surface area contributed by atoms with Gasteiger partial charge in [0.1, 0.15) is 0 Å². The lowest BCUT2D eigenvalue weighted by Gasteiger charge is -2.16. The van der Waals surface area contributed by atoms with Crippen molar-refractivity contribution in [3.63, 3.8) is 0 Å². The molecule has 140 valence electrons. The molecule has 0 aromatic heterocycles. The average Bonchev–Trinajstić information content (AvgIpc) is 2.62. The molecule has 5 nitrogen and oxygen atoms in total. The molecular weight excluding hydrogens is 374 g/mol. The van der Waals surface area contributed by atoms with Gasteiger partial charge in [0.15, 0.2) is 11.5 Å². The highest BCUT2D eigenvalue weighted by Crippen LogP contribution is 2.28. The van der Waals surface area contributed by atoms with E-state index in [4.69, 9.17) is 21.1 Å². The van der Waals surface area contributed by atoms with Crippen LogP contribution in [0.4, 0.5) is 0 Å². The normalized spacial score (nSPS) is 11.9. The Morgan fingerprint density at radius 1 is 1.12 bits per heavy atom. The van der Waals surface area contributed by atoms with Gasteiger partial charge < -0.3 is 9.47 Å². The van der Waals surface area contributed by atoms with Gasteiger partial charge in [-0.15, -0.1) is 0 Å². The van der Waals surface area contributed by atoms with Crippen molar-refractivity contribution >= 4 is 27.7 Å². The first-order chi connectivity index (χ1) is 12.4. The van der Waals surface area contributed by atoms with Crippen LogP contribution >= 0.6 is 11.6 Å². The number of benzene rings is 2. The molecule has 0 fully saturated rings. The fraction of sp³-hybridized carbons (Fsp3) is 0.263. The first-order valence-electron chi connectivity index (χ1n) is 8.05. The van der Waals surface area contributed by atoms with Crippen molar-refractivity contribution in [2.24, 2.45) is 0 Å². The molecule has 0 aliphatic carbocycles. The zero-order valence-electron chi connectivity index (χ0n) is 15.0. The molecule has 0 aliphatic heterocycles. The zero-order valence-corrected chi connectivity index (χ0v) is 16.5. The van der Waals surface area contributed by atoms with Gasteiger partial charge >= 0.3 is 0 Å². The van der Waals surface area contributed by atoms with Crippen molar-refractivity contribution in [1.29, 1.82) is 0 Å². The SMILES string of the molecule is CCOc1ccc(CN(C)S(=O)(=O)/C=C/c2ccc(Cl)cc2)cc1OC. The Kier molecular flexibility index (Phi) is 7.08. The minimum atomic E-state index is -3.56. The van der Waals surface area contributed by atoms with Crippen LogP contribution in [-0.2, 0) is 16.6 Å². The number of ether oxygens (including phenoxy) is 2. The molecule has 0 saturated carbocycles. The van der Waals surface area contributed by atoms with Crippen LogP contribution in [0.2, 0.25) is 5.02 Å². The minimum absolute atomic E-state index is 0.218. The van der Waals surface area contributed by atoms with E-state index in [0.717, 1.165) is 11.1 Å². The van der Waals surface area contributed by atoms with Gasteiger partial charge in [-0.3, -0.25) is 0 Å². The third-order valence-corrected chi connectivity index (χ3v) is 5.40. The maximum absolute atomic E-state index is 12.5. The topological polar surface area (TPSA) is 55.8 Å². The van der Waals surface area contributed by atoms with Crippen molar-refractivity contribution in [3.8, 4) is 11.5 Å². The maximum atomic E-state index is 12.5. The number of methoxy groups -OCH3 is 1. The molecule has 2 aromatic rings. The van der Waals surface area contributed by atoms with Gasteiger partial charge in [0.05, 0.1) is 13.7 Å². The van der Waals surface area contributed by atoms with Gasteiger partial charge in [0, 0.05) is 24.0 Å². The van der Waals surface area contributed by atoms with E-state index in [1.165, 1.54) is 16.8 Å². The van der Waals surface area contributed by atoms with Crippen molar-refractivity contribution < 1.29 is 17.9 Å². The molecule has 7 heteroatoms. The smallest absolute Gasteiger partial charge is 0.236 e. The molecule has 0 spiro atoms. The Morgan fingerprint density at radius 2 is 1.81 bits per heavy atom. The Balaban J connectivity index is 2.12. The third kappa shape index (κ3) is 5.49. The van der Waals surface area contributed by atoms with E-state index in [-0.39, 0.29) is 6.54 Å². The minimum Gasteiger partial charge on any atom is -0.493 e. The van der Waals surface area contributed by atoms with Gasteiger partial charge in [0.2, 0.25) is 10.0 Å². The molecule has 0 heterocycles. The molecule has 0 radical (unpaired) electrons. The Morgan fingerprint density at radius 3 is 2.42 bits per heavy atom. The molecule has 0 bridgehead atoms. The number of rotatable bonds is 8. The van der Waals surface area contributed by atoms with E-state index < -0.39 is 10.0 Å². The summed E-state index contributed by atoms with van der Waals surface area (Å²) in [5.74, 6) is 1.21. The highest BCUT2D eigenvalue weighted by molar-refractivity contribution is 7.92. The van der Waals surface area contributed by atoms with Crippen molar-refractivity contribution in [2.45, 2.75) is 13.5 Å². The summed E-state index contributed by atoms with van der Waals surface area (Å²) in [6.07, 6.45) is 1.54. The third-order valence-electron chi connectivity index (χ3n) is 3.67. The summed E-state index contributed by atoms with van der Waals surface area (Å²) in [5, 5.41) is 1.79. The Hall–Kier alpha value is -2.02. The van der Waals surface area contributed by atoms with Gasteiger partial charge in [-0.1, -0.05) is 29.8 Å². The molecule has 0 aliphatic rings. The largest absolute Gasteiger partial charge is 0.493 e. The van der Waals surface area contributed by atoms with Gasteiger partial charge in [-0.05, 0) is 48.4 Å². The lowest BCUT2D eigenvalue weighted by atomic mass is 10.2. The highest BCUT2D eigenvalue weighted by Gasteiger charge is 2.16. The summed E-state index contributed by atoms with van der Waals surface area (Å²) in [7, 11) is -0.474. The Labute approximate surface area is 159 Å². The number of sulfonamides is 1. The van der Waals surface area contributed by atoms with Gasteiger partial charge in [0.25, 0.3) is 0 Å². The molecule has 0 atom stereocenters. The quantitative estimate of drug-likeness (QED) is 0.672. The van der Waals surface area contributed by atoms with Crippen LogP contribution in [0.25, 0.3) is 6.08 Å². The predicted molar refractivity (Wildman–Crippen MR) is 105 cm³/mol. The fourth-order valence-corrected chi connectivity index (χ4v) is 3.27. The first kappa shape index (κ1) is 20.3. The molecule has 0 N–H and O–H groups in total. The van der Waals surface area contributed by atoms with Crippen molar-refractivity contribution in [3.05, 3.63) is 64.0 Å². The van der Waals surface area contributed by atoms with Gasteiger partial charge in [-0.2, -0.15) is 4.31 Å². The van der Waals surface area contributed by atoms with Crippen LogP contribution < -0.4 is 9.47 Å². The monoisotopic (exact) mass is 395 g/mol. The lowest BCUT2D eigenvalue weighted by Crippen LogP contribution is -2.24. The molecule has 2 rings (SSSR count). The lowest BCUT2D eigenvalue weighted by molar-refractivity contribution is 0.310. The van der Waals surface area contributed by atoms with E-state index in [9.17, 15) is 8.42 Å². The number of hydrogen-bond donors (Lipinski definition) is 0. The van der Waals surface area contributed by atoms with Crippen LogP contribution in [0, 0.1) is 0 Å². The summed E-state index contributed by atoms with van der Waals surface area (Å²) < 4.78 is 37.0. The predicted octanol–water partition coefficient (Wildman–Crippen LogP) is 4.18. The zero-order chi connectivity index (χ0) is 19.2. The summed E-state index contributed by atoms with van der Waals surface area (Å²) >= 11 is 5.83. The molecule has 0 unspecified atom stereocenters. The maximum Gasteiger partial charge on any atom is 0.236 e.